The normalized spacial score (nSPS) is 12.3. The molecule has 5 heteroatoms. The highest BCUT2D eigenvalue weighted by atomic mass is 35.5. The van der Waals surface area contributed by atoms with Crippen molar-refractivity contribution in [1.82, 2.24) is 14.8 Å². The third-order valence-electron chi connectivity index (χ3n) is 2.48. The van der Waals surface area contributed by atoms with E-state index in [0.717, 1.165) is 5.56 Å². The highest BCUT2D eigenvalue weighted by Gasteiger charge is 2.12. The van der Waals surface area contributed by atoms with Crippen molar-refractivity contribution in [3.05, 3.63) is 60.2 Å². The topological polar surface area (TPSA) is 39.9 Å². The van der Waals surface area contributed by atoms with E-state index in [1.165, 1.54) is 6.33 Å². The molecule has 0 saturated carbocycles. The van der Waals surface area contributed by atoms with Crippen LogP contribution in [0.15, 0.2) is 49.6 Å². The molecule has 1 atom stereocenters. The number of aromatic nitrogens is 3. The van der Waals surface area contributed by atoms with Crippen molar-refractivity contribution in [3.8, 4) is 0 Å². The van der Waals surface area contributed by atoms with Gasteiger partial charge in [-0.1, -0.05) is 29.8 Å². The van der Waals surface area contributed by atoms with E-state index in [9.17, 15) is 0 Å². The van der Waals surface area contributed by atoms with Crippen LogP contribution in [0, 0.1) is 0 Å². The predicted molar refractivity (Wildman–Crippen MR) is 70.4 cm³/mol. The van der Waals surface area contributed by atoms with E-state index >= 15 is 0 Å². The summed E-state index contributed by atoms with van der Waals surface area (Å²) in [5.41, 5.74) is 1.05. The second-order valence-corrected chi connectivity index (χ2v) is 4.22. The molecule has 2 rings (SSSR count). The highest BCUT2D eigenvalue weighted by Crippen LogP contribution is 2.21. The van der Waals surface area contributed by atoms with Crippen LogP contribution in [-0.2, 0) is 11.3 Å². The minimum absolute atomic E-state index is 0.0954. The van der Waals surface area contributed by atoms with Crippen molar-refractivity contribution in [2.75, 3.05) is 6.61 Å². The Morgan fingerprint density at radius 3 is 2.78 bits per heavy atom. The van der Waals surface area contributed by atoms with E-state index in [0.29, 0.717) is 18.2 Å². The molecule has 1 heterocycles. The maximum Gasteiger partial charge on any atom is 0.137 e. The summed E-state index contributed by atoms with van der Waals surface area (Å²) in [5, 5.41) is 4.79. The first-order valence-corrected chi connectivity index (χ1v) is 5.98. The van der Waals surface area contributed by atoms with Gasteiger partial charge in [-0.3, -0.25) is 4.68 Å². The summed E-state index contributed by atoms with van der Waals surface area (Å²) in [4.78, 5) is 3.92. The van der Waals surface area contributed by atoms with Gasteiger partial charge in [0.05, 0.1) is 13.2 Å². The maximum atomic E-state index is 5.88. The van der Waals surface area contributed by atoms with Crippen LogP contribution in [0.2, 0.25) is 5.02 Å². The van der Waals surface area contributed by atoms with Crippen molar-refractivity contribution < 1.29 is 4.74 Å². The molecule has 1 aromatic carbocycles. The summed E-state index contributed by atoms with van der Waals surface area (Å²) in [5.74, 6) is 0. The van der Waals surface area contributed by atoms with Gasteiger partial charge in [-0.25, -0.2) is 4.98 Å². The lowest BCUT2D eigenvalue weighted by molar-refractivity contribution is 0.0579. The minimum Gasteiger partial charge on any atom is -0.368 e. The molecular formula is C13H14ClN3O. The van der Waals surface area contributed by atoms with Crippen molar-refractivity contribution in [2.45, 2.75) is 12.6 Å². The van der Waals surface area contributed by atoms with Crippen LogP contribution in [0.25, 0.3) is 0 Å². The number of hydrogen-bond donors (Lipinski definition) is 0. The van der Waals surface area contributed by atoms with Gasteiger partial charge in [-0.05, 0) is 17.7 Å². The molecule has 0 aliphatic rings. The quantitative estimate of drug-likeness (QED) is 0.753. The number of benzene rings is 1. The average Bonchev–Trinajstić information content (AvgIpc) is 2.88. The smallest absolute Gasteiger partial charge is 0.137 e. The fourth-order valence-electron chi connectivity index (χ4n) is 1.61. The summed E-state index contributed by atoms with van der Waals surface area (Å²) in [6, 6.07) is 7.60. The van der Waals surface area contributed by atoms with Gasteiger partial charge in [0.2, 0.25) is 0 Å². The molecule has 94 valence electrons. The molecule has 1 aromatic heterocycles. The van der Waals surface area contributed by atoms with Crippen LogP contribution in [0.4, 0.5) is 0 Å². The Morgan fingerprint density at radius 2 is 2.17 bits per heavy atom. The molecule has 0 saturated heterocycles. The molecule has 0 spiro atoms. The number of rotatable bonds is 6. The van der Waals surface area contributed by atoms with Gasteiger partial charge in [0.25, 0.3) is 0 Å². The largest absolute Gasteiger partial charge is 0.368 e. The lowest BCUT2D eigenvalue weighted by atomic mass is 10.1. The van der Waals surface area contributed by atoms with E-state index < -0.39 is 0 Å². The van der Waals surface area contributed by atoms with E-state index in [1.54, 1.807) is 17.1 Å². The molecule has 0 N–H and O–H groups in total. The van der Waals surface area contributed by atoms with Crippen LogP contribution in [0.1, 0.15) is 11.7 Å². The van der Waals surface area contributed by atoms with E-state index in [2.05, 4.69) is 16.7 Å². The minimum atomic E-state index is -0.0954. The zero-order valence-electron chi connectivity index (χ0n) is 9.87. The molecule has 0 fully saturated rings. The van der Waals surface area contributed by atoms with Gasteiger partial charge >= 0.3 is 0 Å². The standard InChI is InChI=1S/C13H14ClN3O/c1-2-7-18-13(8-17-10-15-9-16-17)11-3-5-12(14)6-4-11/h2-6,9-10,13H,1,7-8H2. The van der Waals surface area contributed by atoms with Crippen molar-refractivity contribution in [2.24, 2.45) is 0 Å². The molecule has 0 aliphatic carbocycles. The fraction of sp³-hybridized carbons (Fsp3) is 0.231. The van der Waals surface area contributed by atoms with Gasteiger partial charge in [-0.15, -0.1) is 6.58 Å². The Kier molecular flexibility index (Phi) is 4.50. The summed E-state index contributed by atoms with van der Waals surface area (Å²) in [6.07, 6.45) is 4.80. The molecule has 18 heavy (non-hydrogen) atoms. The van der Waals surface area contributed by atoms with Gasteiger partial charge in [0.1, 0.15) is 18.8 Å². The van der Waals surface area contributed by atoms with Crippen molar-refractivity contribution in [3.63, 3.8) is 0 Å². The summed E-state index contributed by atoms with van der Waals surface area (Å²) in [6.45, 7) is 4.75. The monoisotopic (exact) mass is 263 g/mol. The summed E-state index contributed by atoms with van der Waals surface area (Å²) in [7, 11) is 0. The van der Waals surface area contributed by atoms with E-state index in [-0.39, 0.29) is 6.10 Å². The SMILES string of the molecule is C=CCOC(Cn1cncn1)c1ccc(Cl)cc1. The van der Waals surface area contributed by atoms with E-state index in [1.807, 2.05) is 24.3 Å². The van der Waals surface area contributed by atoms with Gasteiger partial charge in [-0.2, -0.15) is 5.10 Å². The first-order valence-electron chi connectivity index (χ1n) is 5.60. The Labute approximate surface area is 111 Å². The molecule has 2 aromatic rings. The fourth-order valence-corrected chi connectivity index (χ4v) is 1.74. The Balaban J connectivity index is 2.13. The number of halogens is 1. The van der Waals surface area contributed by atoms with E-state index in [4.69, 9.17) is 16.3 Å². The van der Waals surface area contributed by atoms with Crippen LogP contribution in [0.5, 0.6) is 0 Å². The molecule has 0 aliphatic heterocycles. The summed E-state index contributed by atoms with van der Waals surface area (Å²) < 4.78 is 7.48. The lowest BCUT2D eigenvalue weighted by Gasteiger charge is -2.17. The second kappa shape index (κ2) is 6.33. The van der Waals surface area contributed by atoms with Crippen molar-refractivity contribution >= 4 is 11.6 Å². The predicted octanol–water partition coefficient (Wildman–Crippen LogP) is 2.88. The molecule has 4 nitrogen and oxygen atoms in total. The third kappa shape index (κ3) is 3.42. The molecule has 0 bridgehead atoms. The first-order chi connectivity index (χ1) is 8.79. The number of ether oxygens (including phenoxy) is 1. The lowest BCUT2D eigenvalue weighted by Crippen LogP contribution is -2.13. The first kappa shape index (κ1) is 12.8. The van der Waals surface area contributed by atoms with Gasteiger partial charge in [0.15, 0.2) is 0 Å². The Morgan fingerprint density at radius 1 is 1.39 bits per heavy atom. The molecule has 1 unspecified atom stereocenters. The van der Waals surface area contributed by atoms with Crippen LogP contribution >= 0.6 is 11.6 Å². The zero-order valence-corrected chi connectivity index (χ0v) is 10.6. The van der Waals surface area contributed by atoms with Gasteiger partial charge < -0.3 is 4.74 Å². The Bertz CT molecular complexity index is 481. The second-order valence-electron chi connectivity index (χ2n) is 3.78. The van der Waals surface area contributed by atoms with Crippen LogP contribution in [-0.4, -0.2) is 21.4 Å². The number of nitrogens with zero attached hydrogens (tertiary/aromatic N) is 3. The summed E-state index contributed by atoms with van der Waals surface area (Å²) >= 11 is 5.88. The average molecular weight is 264 g/mol. The number of hydrogen-bond acceptors (Lipinski definition) is 3. The zero-order chi connectivity index (χ0) is 12.8. The third-order valence-corrected chi connectivity index (χ3v) is 2.73. The molecule has 0 radical (unpaired) electrons. The Hall–Kier alpha value is -1.65. The highest BCUT2D eigenvalue weighted by molar-refractivity contribution is 6.30. The molecule has 0 amide bonds. The van der Waals surface area contributed by atoms with Crippen LogP contribution < -0.4 is 0 Å². The maximum absolute atomic E-state index is 5.88. The van der Waals surface area contributed by atoms with Crippen molar-refractivity contribution in [1.29, 1.82) is 0 Å². The van der Waals surface area contributed by atoms with Crippen LogP contribution in [0.3, 0.4) is 0 Å². The molecular weight excluding hydrogens is 250 g/mol. The van der Waals surface area contributed by atoms with Gasteiger partial charge in [0, 0.05) is 5.02 Å².